The largest absolute Gasteiger partial charge is 0.478 e. The van der Waals surface area contributed by atoms with Crippen LogP contribution in [0.15, 0.2) is 48.5 Å². The number of rotatable bonds is 3. The van der Waals surface area contributed by atoms with Gasteiger partial charge >= 0.3 is 5.97 Å². The Bertz CT molecular complexity index is 579. The lowest BCUT2D eigenvalue weighted by Gasteiger charge is -2.14. The van der Waals surface area contributed by atoms with Crippen LogP contribution in [0.4, 0.5) is 0 Å². The Morgan fingerprint density at radius 3 is 2.11 bits per heavy atom. The Labute approximate surface area is 112 Å². The first-order valence-electron chi connectivity index (χ1n) is 6.34. The van der Waals surface area contributed by atoms with Crippen molar-refractivity contribution in [2.24, 2.45) is 0 Å². The van der Waals surface area contributed by atoms with Gasteiger partial charge in [-0.3, -0.25) is 4.90 Å². The fourth-order valence-electron chi connectivity index (χ4n) is 2.53. The number of hydrogen-bond donors (Lipinski definition) is 1. The Morgan fingerprint density at radius 1 is 1.00 bits per heavy atom. The molecule has 3 nitrogen and oxygen atoms in total. The molecule has 0 spiro atoms. The van der Waals surface area contributed by atoms with Crippen LogP contribution in [0.25, 0.3) is 0 Å². The molecule has 2 aromatic carbocycles. The maximum Gasteiger partial charge on any atom is 0.335 e. The van der Waals surface area contributed by atoms with Crippen LogP contribution in [0, 0.1) is 0 Å². The van der Waals surface area contributed by atoms with Crippen molar-refractivity contribution in [1.29, 1.82) is 0 Å². The van der Waals surface area contributed by atoms with Crippen molar-refractivity contribution in [3.8, 4) is 0 Å². The maximum atomic E-state index is 10.8. The summed E-state index contributed by atoms with van der Waals surface area (Å²) in [6, 6.07) is 15.6. The van der Waals surface area contributed by atoms with Crippen LogP contribution in [0.1, 0.15) is 27.0 Å². The molecule has 3 rings (SSSR count). The van der Waals surface area contributed by atoms with Gasteiger partial charge in [0.05, 0.1) is 5.56 Å². The van der Waals surface area contributed by atoms with Crippen molar-refractivity contribution in [2.45, 2.75) is 19.6 Å². The molecular weight excluding hydrogens is 238 g/mol. The van der Waals surface area contributed by atoms with Gasteiger partial charge in [-0.05, 0) is 28.8 Å². The summed E-state index contributed by atoms with van der Waals surface area (Å²) < 4.78 is 0. The van der Waals surface area contributed by atoms with E-state index in [0.717, 1.165) is 25.2 Å². The predicted octanol–water partition coefficient (Wildman–Crippen LogP) is 2.90. The zero-order chi connectivity index (χ0) is 13.2. The van der Waals surface area contributed by atoms with Gasteiger partial charge in [-0.25, -0.2) is 4.79 Å². The van der Waals surface area contributed by atoms with E-state index in [1.165, 1.54) is 11.1 Å². The van der Waals surface area contributed by atoms with E-state index in [0.29, 0.717) is 5.56 Å². The van der Waals surface area contributed by atoms with E-state index in [4.69, 9.17) is 5.11 Å². The van der Waals surface area contributed by atoms with Crippen molar-refractivity contribution in [3.05, 3.63) is 70.8 Å². The molecule has 0 unspecified atom stereocenters. The molecule has 1 aliphatic heterocycles. The molecule has 0 amide bonds. The molecule has 0 saturated heterocycles. The molecule has 0 bridgehead atoms. The fourth-order valence-corrected chi connectivity index (χ4v) is 2.53. The molecule has 1 N–H and O–H groups in total. The van der Waals surface area contributed by atoms with Gasteiger partial charge in [0.15, 0.2) is 0 Å². The molecule has 3 heteroatoms. The topological polar surface area (TPSA) is 40.5 Å². The van der Waals surface area contributed by atoms with Crippen molar-refractivity contribution < 1.29 is 9.90 Å². The number of benzene rings is 2. The summed E-state index contributed by atoms with van der Waals surface area (Å²) >= 11 is 0. The van der Waals surface area contributed by atoms with E-state index in [-0.39, 0.29) is 0 Å². The highest BCUT2D eigenvalue weighted by molar-refractivity contribution is 5.87. The van der Waals surface area contributed by atoms with Crippen LogP contribution in [0.5, 0.6) is 0 Å². The van der Waals surface area contributed by atoms with Crippen molar-refractivity contribution in [2.75, 3.05) is 0 Å². The maximum absolute atomic E-state index is 10.8. The van der Waals surface area contributed by atoms with Gasteiger partial charge in [-0.2, -0.15) is 0 Å². The first-order valence-corrected chi connectivity index (χ1v) is 6.34. The lowest BCUT2D eigenvalue weighted by atomic mass is 10.1. The zero-order valence-corrected chi connectivity index (χ0v) is 10.5. The third-order valence-corrected chi connectivity index (χ3v) is 3.51. The molecule has 2 aromatic rings. The minimum absolute atomic E-state index is 0.341. The van der Waals surface area contributed by atoms with Gasteiger partial charge in [0.2, 0.25) is 0 Å². The van der Waals surface area contributed by atoms with Gasteiger partial charge < -0.3 is 5.11 Å². The van der Waals surface area contributed by atoms with E-state index < -0.39 is 5.97 Å². The summed E-state index contributed by atoms with van der Waals surface area (Å²) in [6.07, 6.45) is 0. The highest BCUT2D eigenvalue weighted by atomic mass is 16.4. The molecule has 0 aliphatic carbocycles. The Kier molecular flexibility index (Phi) is 3.05. The van der Waals surface area contributed by atoms with Gasteiger partial charge in [0.1, 0.15) is 0 Å². The second kappa shape index (κ2) is 4.86. The second-order valence-electron chi connectivity index (χ2n) is 4.92. The minimum atomic E-state index is -0.875. The molecule has 0 fully saturated rings. The summed E-state index contributed by atoms with van der Waals surface area (Å²) in [5, 5.41) is 8.87. The molecule has 0 aromatic heterocycles. The number of fused-ring (bicyclic) bond motifs is 1. The Morgan fingerprint density at radius 2 is 1.58 bits per heavy atom. The summed E-state index contributed by atoms with van der Waals surface area (Å²) in [7, 11) is 0. The number of carboxylic acids is 1. The van der Waals surface area contributed by atoms with E-state index >= 15 is 0 Å². The quantitative estimate of drug-likeness (QED) is 0.914. The number of nitrogens with zero attached hydrogens (tertiary/aromatic N) is 1. The van der Waals surface area contributed by atoms with Gasteiger partial charge in [0, 0.05) is 19.6 Å². The summed E-state index contributed by atoms with van der Waals surface area (Å²) in [5.41, 5.74) is 4.28. The van der Waals surface area contributed by atoms with Crippen LogP contribution in [-0.4, -0.2) is 16.0 Å². The standard InChI is InChI=1S/C16H15NO2/c18-16(19)13-7-5-12(6-8-13)9-17-10-14-3-1-2-4-15(14)11-17/h1-8H,9-11H2,(H,18,19). The summed E-state index contributed by atoms with van der Waals surface area (Å²) in [4.78, 5) is 13.2. The molecule has 0 atom stereocenters. The molecular formula is C16H15NO2. The first-order chi connectivity index (χ1) is 9.22. The zero-order valence-electron chi connectivity index (χ0n) is 10.5. The summed E-state index contributed by atoms with van der Waals surface area (Å²) in [5.74, 6) is -0.875. The van der Waals surface area contributed by atoms with Crippen LogP contribution < -0.4 is 0 Å². The molecule has 0 saturated carbocycles. The van der Waals surface area contributed by atoms with Crippen molar-refractivity contribution in [3.63, 3.8) is 0 Å². The lowest BCUT2D eigenvalue weighted by molar-refractivity contribution is 0.0697. The van der Waals surface area contributed by atoms with Crippen molar-refractivity contribution >= 4 is 5.97 Å². The highest BCUT2D eigenvalue weighted by Crippen LogP contribution is 2.23. The third kappa shape index (κ3) is 2.51. The first kappa shape index (κ1) is 11.9. The lowest BCUT2D eigenvalue weighted by Crippen LogP contribution is -2.15. The minimum Gasteiger partial charge on any atom is -0.478 e. The van der Waals surface area contributed by atoms with E-state index in [9.17, 15) is 4.79 Å². The SMILES string of the molecule is O=C(O)c1ccc(CN2Cc3ccccc3C2)cc1. The van der Waals surface area contributed by atoms with E-state index in [1.54, 1.807) is 12.1 Å². The summed E-state index contributed by atoms with van der Waals surface area (Å²) in [6.45, 7) is 2.79. The average molecular weight is 253 g/mol. The number of hydrogen-bond acceptors (Lipinski definition) is 2. The van der Waals surface area contributed by atoms with Crippen LogP contribution >= 0.6 is 0 Å². The molecule has 19 heavy (non-hydrogen) atoms. The van der Waals surface area contributed by atoms with Crippen LogP contribution in [0.3, 0.4) is 0 Å². The molecule has 96 valence electrons. The average Bonchev–Trinajstić information content (AvgIpc) is 2.81. The third-order valence-electron chi connectivity index (χ3n) is 3.51. The second-order valence-corrected chi connectivity index (χ2v) is 4.92. The van der Waals surface area contributed by atoms with Crippen LogP contribution in [-0.2, 0) is 19.6 Å². The highest BCUT2D eigenvalue weighted by Gasteiger charge is 2.18. The van der Waals surface area contributed by atoms with Gasteiger partial charge in [0.25, 0.3) is 0 Å². The van der Waals surface area contributed by atoms with Gasteiger partial charge in [-0.1, -0.05) is 36.4 Å². The van der Waals surface area contributed by atoms with Crippen molar-refractivity contribution in [1.82, 2.24) is 4.90 Å². The van der Waals surface area contributed by atoms with Gasteiger partial charge in [-0.15, -0.1) is 0 Å². The molecule has 0 radical (unpaired) electrons. The number of carboxylic acid groups (broad SMARTS) is 1. The molecule has 1 heterocycles. The smallest absolute Gasteiger partial charge is 0.335 e. The molecule has 1 aliphatic rings. The number of carbonyl (C=O) groups is 1. The predicted molar refractivity (Wildman–Crippen MR) is 72.8 cm³/mol. The Hall–Kier alpha value is -2.13. The number of aromatic carboxylic acids is 1. The van der Waals surface area contributed by atoms with E-state index in [1.807, 2.05) is 12.1 Å². The van der Waals surface area contributed by atoms with E-state index in [2.05, 4.69) is 29.2 Å². The Balaban J connectivity index is 1.69. The van der Waals surface area contributed by atoms with Crippen LogP contribution in [0.2, 0.25) is 0 Å². The normalized spacial score (nSPS) is 14.3. The fraction of sp³-hybridized carbons (Fsp3) is 0.188. The monoisotopic (exact) mass is 253 g/mol.